The minimum absolute atomic E-state index is 0.115. The van der Waals surface area contributed by atoms with Gasteiger partial charge in [-0.25, -0.2) is 8.42 Å². The summed E-state index contributed by atoms with van der Waals surface area (Å²) in [5.41, 5.74) is 1.95. The van der Waals surface area contributed by atoms with E-state index in [2.05, 4.69) is 10.4 Å². The molecule has 1 aliphatic heterocycles. The van der Waals surface area contributed by atoms with Crippen LogP contribution < -0.4 is 5.32 Å². The first-order valence-corrected chi connectivity index (χ1v) is 10.6. The Morgan fingerprint density at radius 3 is 2.79 bits per heavy atom. The fourth-order valence-corrected chi connectivity index (χ4v) is 4.33. The lowest BCUT2D eigenvalue weighted by Crippen LogP contribution is -2.43. The van der Waals surface area contributed by atoms with Gasteiger partial charge in [-0.2, -0.15) is 5.10 Å². The van der Waals surface area contributed by atoms with Crippen molar-refractivity contribution in [1.82, 2.24) is 20.0 Å². The van der Waals surface area contributed by atoms with Crippen molar-refractivity contribution in [3.8, 4) is 0 Å². The molecule has 2 heterocycles. The zero-order valence-corrected chi connectivity index (χ0v) is 15.2. The lowest BCUT2D eigenvalue weighted by atomic mass is 9.84. The topological polar surface area (TPSA) is 84.3 Å². The van der Waals surface area contributed by atoms with Crippen LogP contribution in [0.1, 0.15) is 37.6 Å². The van der Waals surface area contributed by atoms with Crippen molar-refractivity contribution < 1.29 is 13.2 Å². The molecular weight excluding hydrogens is 328 g/mol. The second-order valence-corrected chi connectivity index (χ2v) is 9.30. The predicted molar refractivity (Wildman–Crippen MR) is 91.0 cm³/mol. The molecule has 1 aromatic rings. The third-order valence-corrected chi connectivity index (χ3v) is 5.90. The highest BCUT2D eigenvalue weighted by Gasteiger charge is 2.31. The molecule has 0 aromatic carbocycles. The SMILES string of the molecule is C[C@@H](CS(C)(=O)=O)NCc1cc2n(n1)CCN(C(=O)C1CCC1)C2. The van der Waals surface area contributed by atoms with Gasteiger partial charge in [0.1, 0.15) is 9.84 Å². The van der Waals surface area contributed by atoms with Crippen LogP contribution in [-0.2, 0) is 34.3 Å². The van der Waals surface area contributed by atoms with Crippen LogP contribution in [0.4, 0.5) is 0 Å². The number of hydrogen-bond donors (Lipinski definition) is 1. The van der Waals surface area contributed by atoms with Crippen molar-refractivity contribution >= 4 is 15.7 Å². The predicted octanol–water partition coefficient (Wildman–Crippen LogP) is 0.548. The molecular formula is C16H26N4O3S. The van der Waals surface area contributed by atoms with Gasteiger partial charge in [-0.15, -0.1) is 0 Å². The van der Waals surface area contributed by atoms with Crippen molar-refractivity contribution in [3.63, 3.8) is 0 Å². The number of aromatic nitrogens is 2. The van der Waals surface area contributed by atoms with E-state index >= 15 is 0 Å². The quantitative estimate of drug-likeness (QED) is 0.806. The first-order chi connectivity index (χ1) is 11.3. The molecule has 7 nitrogen and oxygen atoms in total. The van der Waals surface area contributed by atoms with Crippen LogP contribution in [0.3, 0.4) is 0 Å². The Labute approximate surface area is 143 Å². The Balaban J connectivity index is 1.56. The number of carbonyl (C=O) groups is 1. The highest BCUT2D eigenvalue weighted by Crippen LogP contribution is 2.29. The third kappa shape index (κ3) is 4.16. The van der Waals surface area contributed by atoms with E-state index in [1.165, 1.54) is 12.7 Å². The highest BCUT2D eigenvalue weighted by atomic mass is 32.2. The molecule has 0 unspecified atom stereocenters. The van der Waals surface area contributed by atoms with Gasteiger partial charge in [0.05, 0.1) is 30.2 Å². The molecule has 0 saturated heterocycles. The van der Waals surface area contributed by atoms with Gasteiger partial charge >= 0.3 is 0 Å². The molecule has 1 atom stereocenters. The van der Waals surface area contributed by atoms with Crippen molar-refractivity contribution in [2.75, 3.05) is 18.6 Å². The molecule has 1 amide bonds. The van der Waals surface area contributed by atoms with Gasteiger partial charge < -0.3 is 10.2 Å². The van der Waals surface area contributed by atoms with Crippen LogP contribution >= 0.6 is 0 Å². The molecule has 134 valence electrons. The number of nitrogens with zero attached hydrogens (tertiary/aromatic N) is 3. The lowest BCUT2D eigenvalue weighted by molar-refractivity contribution is -0.139. The summed E-state index contributed by atoms with van der Waals surface area (Å²) in [6.07, 6.45) is 4.47. The molecule has 1 aliphatic carbocycles. The molecule has 0 bridgehead atoms. The average molecular weight is 354 g/mol. The number of rotatable bonds is 6. The van der Waals surface area contributed by atoms with Crippen LogP contribution in [0.25, 0.3) is 0 Å². The largest absolute Gasteiger partial charge is 0.335 e. The maximum Gasteiger partial charge on any atom is 0.226 e. The molecule has 3 rings (SSSR count). The number of carbonyl (C=O) groups excluding carboxylic acids is 1. The highest BCUT2D eigenvalue weighted by molar-refractivity contribution is 7.90. The van der Waals surface area contributed by atoms with E-state index in [-0.39, 0.29) is 23.6 Å². The van der Waals surface area contributed by atoms with Crippen LogP contribution in [0.2, 0.25) is 0 Å². The normalized spacial score (nSPS) is 19.7. The van der Waals surface area contributed by atoms with Gasteiger partial charge in [0.2, 0.25) is 5.91 Å². The fraction of sp³-hybridized carbons (Fsp3) is 0.750. The standard InChI is InChI=1S/C16H26N4O3S/c1-12(11-24(2,22)23)17-9-14-8-15-10-19(6-7-20(15)18-14)16(21)13-4-3-5-13/h8,12-13,17H,3-7,9-11H2,1-2H3/t12-/m0/s1. The Bertz CT molecular complexity index is 709. The molecule has 1 N–H and O–H groups in total. The van der Waals surface area contributed by atoms with E-state index in [1.54, 1.807) is 0 Å². The maximum absolute atomic E-state index is 12.4. The third-order valence-electron chi connectivity index (χ3n) is 4.80. The molecule has 2 aliphatic rings. The zero-order valence-electron chi connectivity index (χ0n) is 14.4. The van der Waals surface area contributed by atoms with Gasteiger partial charge in [0, 0.05) is 31.3 Å². The minimum Gasteiger partial charge on any atom is -0.335 e. The van der Waals surface area contributed by atoms with Crippen molar-refractivity contribution in [2.24, 2.45) is 5.92 Å². The van der Waals surface area contributed by atoms with E-state index in [9.17, 15) is 13.2 Å². The molecule has 1 aromatic heterocycles. The number of hydrogen-bond acceptors (Lipinski definition) is 5. The molecule has 1 saturated carbocycles. The number of amides is 1. The van der Waals surface area contributed by atoms with E-state index in [0.29, 0.717) is 13.1 Å². The molecule has 24 heavy (non-hydrogen) atoms. The number of nitrogens with one attached hydrogen (secondary N) is 1. The van der Waals surface area contributed by atoms with Crippen LogP contribution in [0, 0.1) is 5.92 Å². The van der Waals surface area contributed by atoms with Crippen molar-refractivity contribution in [3.05, 3.63) is 17.5 Å². The number of sulfone groups is 1. The molecule has 8 heteroatoms. The first-order valence-electron chi connectivity index (χ1n) is 8.57. The monoisotopic (exact) mass is 354 g/mol. The Hall–Kier alpha value is -1.41. The molecule has 0 radical (unpaired) electrons. The average Bonchev–Trinajstić information content (AvgIpc) is 2.83. The second kappa shape index (κ2) is 6.84. The van der Waals surface area contributed by atoms with E-state index in [4.69, 9.17) is 0 Å². The smallest absolute Gasteiger partial charge is 0.226 e. The van der Waals surface area contributed by atoms with Crippen LogP contribution in [0.5, 0.6) is 0 Å². The summed E-state index contributed by atoms with van der Waals surface area (Å²) >= 11 is 0. The summed E-state index contributed by atoms with van der Waals surface area (Å²) in [5.74, 6) is 0.636. The van der Waals surface area contributed by atoms with E-state index in [1.807, 2.05) is 22.6 Å². The number of fused-ring (bicyclic) bond motifs is 1. The Kier molecular flexibility index (Phi) is 4.96. The van der Waals surface area contributed by atoms with Gasteiger partial charge in [-0.05, 0) is 25.8 Å². The second-order valence-electron chi connectivity index (χ2n) is 7.11. The fourth-order valence-electron chi connectivity index (χ4n) is 3.31. The van der Waals surface area contributed by atoms with E-state index in [0.717, 1.165) is 37.3 Å². The Morgan fingerprint density at radius 2 is 2.17 bits per heavy atom. The molecule has 1 fully saturated rings. The summed E-state index contributed by atoms with van der Waals surface area (Å²) < 4.78 is 24.6. The van der Waals surface area contributed by atoms with Gasteiger partial charge in [-0.1, -0.05) is 6.42 Å². The maximum atomic E-state index is 12.4. The zero-order chi connectivity index (χ0) is 17.3. The van der Waals surface area contributed by atoms with Gasteiger partial charge in [-0.3, -0.25) is 9.48 Å². The van der Waals surface area contributed by atoms with Crippen molar-refractivity contribution in [2.45, 2.75) is 51.9 Å². The van der Waals surface area contributed by atoms with E-state index < -0.39 is 9.84 Å². The minimum atomic E-state index is -2.98. The van der Waals surface area contributed by atoms with Gasteiger partial charge in [0.15, 0.2) is 0 Å². The summed E-state index contributed by atoms with van der Waals surface area (Å²) in [4.78, 5) is 14.3. The summed E-state index contributed by atoms with van der Waals surface area (Å²) in [6.45, 7) is 4.47. The van der Waals surface area contributed by atoms with Crippen LogP contribution in [-0.4, -0.2) is 53.6 Å². The summed E-state index contributed by atoms with van der Waals surface area (Å²) in [6, 6.07) is 1.90. The Morgan fingerprint density at radius 1 is 1.42 bits per heavy atom. The first kappa shape index (κ1) is 17.4. The summed E-state index contributed by atoms with van der Waals surface area (Å²) in [5, 5.41) is 7.76. The van der Waals surface area contributed by atoms with Crippen molar-refractivity contribution in [1.29, 1.82) is 0 Å². The van der Waals surface area contributed by atoms with Gasteiger partial charge in [0.25, 0.3) is 0 Å². The lowest BCUT2D eigenvalue weighted by Gasteiger charge is -2.34. The molecule has 0 spiro atoms. The van der Waals surface area contributed by atoms with Crippen LogP contribution in [0.15, 0.2) is 6.07 Å². The summed E-state index contributed by atoms with van der Waals surface area (Å²) in [7, 11) is -2.98.